The zero-order chi connectivity index (χ0) is 26.5. The zero-order valence-corrected chi connectivity index (χ0v) is 22.3. The molecule has 2 atom stereocenters. The van der Waals surface area contributed by atoms with Crippen LogP contribution >= 0.6 is 0 Å². The van der Waals surface area contributed by atoms with Gasteiger partial charge in [0, 0.05) is 30.5 Å². The number of pyridine rings is 1. The third-order valence-electron chi connectivity index (χ3n) is 7.51. The van der Waals surface area contributed by atoms with Crippen LogP contribution in [0.2, 0.25) is 0 Å². The number of hydrogen-bond donors (Lipinski definition) is 4. The molecule has 0 radical (unpaired) electrons. The van der Waals surface area contributed by atoms with E-state index >= 15 is 0 Å². The standard InChI is InChI=1S/C29H36N4O4S/c30-29-15-9-23(17-32-29)27(34)19-31-18-25-12-8-22-16-26(13-14-28(22)37-25)38(35,36)33-24-10-6-21(7-11-24)20-4-2-1-3-5-20/h6-7,9-11,13-17,20,25,27,31,33-34H,1-5,8,12,18-19H2,(H2,30,32). The van der Waals surface area contributed by atoms with Crippen LogP contribution in [0.1, 0.15) is 67.2 Å². The second kappa shape index (κ2) is 11.7. The van der Waals surface area contributed by atoms with Gasteiger partial charge in [-0.15, -0.1) is 0 Å². The van der Waals surface area contributed by atoms with Crippen molar-refractivity contribution >= 4 is 21.5 Å². The van der Waals surface area contributed by atoms with Crippen molar-refractivity contribution in [1.29, 1.82) is 0 Å². The summed E-state index contributed by atoms with van der Waals surface area (Å²) >= 11 is 0. The first-order valence-electron chi connectivity index (χ1n) is 13.4. The van der Waals surface area contributed by atoms with Crippen molar-refractivity contribution in [1.82, 2.24) is 10.3 Å². The number of ether oxygens (including phenoxy) is 1. The van der Waals surface area contributed by atoms with Crippen LogP contribution in [0.5, 0.6) is 5.75 Å². The highest BCUT2D eigenvalue weighted by Crippen LogP contribution is 2.34. The molecule has 0 amide bonds. The number of nitrogen functional groups attached to an aromatic ring is 1. The Bertz CT molecular complexity index is 1320. The summed E-state index contributed by atoms with van der Waals surface area (Å²) in [6.45, 7) is 0.931. The number of aliphatic hydroxyl groups is 1. The average molecular weight is 537 g/mol. The van der Waals surface area contributed by atoms with Crippen LogP contribution in [0, 0.1) is 0 Å². The lowest BCUT2D eigenvalue weighted by atomic mass is 9.84. The predicted octanol–water partition coefficient (Wildman–Crippen LogP) is 4.53. The van der Waals surface area contributed by atoms with Crippen molar-refractivity contribution < 1.29 is 18.3 Å². The van der Waals surface area contributed by atoms with Gasteiger partial charge in [0.1, 0.15) is 17.7 Å². The van der Waals surface area contributed by atoms with Gasteiger partial charge >= 0.3 is 0 Å². The van der Waals surface area contributed by atoms with Crippen LogP contribution < -0.4 is 20.5 Å². The SMILES string of the molecule is Nc1ccc(C(O)CNCC2CCc3cc(S(=O)(=O)Nc4ccc(C5CCCCC5)cc4)ccc3O2)cn1. The Morgan fingerprint density at radius 1 is 1.03 bits per heavy atom. The average Bonchev–Trinajstić information content (AvgIpc) is 2.94. The molecule has 0 bridgehead atoms. The van der Waals surface area contributed by atoms with Gasteiger partial charge in [0.15, 0.2) is 0 Å². The number of nitrogens with one attached hydrogen (secondary N) is 2. The number of fused-ring (bicyclic) bond motifs is 1. The maximum absolute atomic E-state index is 13.1. The number of aryl methyl sites for hydroxylation is 1. The molecule has 1 saturated carbocycles. The molecule has 5 N–H and O–H groups in total. The number of benzene rings is 2. The van der Waals surface area contributed by atoms with Gasteiger partial charge in [0.2, 0.25) is 0 Å². The molecule has 2 heterocycles. The maximum Gasteiger partial charge on any atom is 0.261 e. The molecule has 0 saturated heterocycles. The minimum absolute atomic E-state index is 0.0671. The fraction of sp³-hybridized carbons (Fsp3) is 0.414. The zero-order valence-electron chi connectivity index (χ0n) is 21.5. The fourth-order valence-corrected chi connectivity index (χ4v) is 6.43. The Hall–Kier alpha value is -3.14. The molecule has 3 aromatic rings. The van der Waals surface area contributed by atoms with Crippen LogP contribution in [-0.4, -0.2) is 37.7 Å². The van der Waals surface area contributed by atoms with Crippen molar-refractivity contribution in [3.8, 4) is 5.75 Å². The second-order valence-corrected chi connectivity index (χ2v) is 12.0. The molecule has 9 heteroatoms. The maximum atomic E-state index is 13.1. The van der Waals surface area contributed by atoms with E-state index in [1.807, 2.05) is 24.3 Å². The highest BCUT2D eigenvalue weighted by Gasteiger charge is 2.23. The quantitative estimate of drug-likeness (QED) is 0.316. The summed E-state index contributed by atoms with van der Waals surface area (Å²) in [6, 6.07) is 16.3. The molecule has 202 valence electrons. The van der Waals surface area contributed by atoms with Gasteiger partial charge in [-0.2, -0.15) is 0 Å². The molecule has 0 spiro atoms. The number of anilines is 2. The first-order valence-corrected chi connectivity index (χ1v) is 14.9. The molecule has 1 aromatic heterocycles. The monoisotopic (exact) mass is 536 g/mol. The van der Waals surface area contributed by atoms with E-state index in [4.69, 9.17) is 10.5 Å². The first-order chi connectivity index (χ1) is 18.4. The summed E-state index contributed by atoms with van der Waals surface area (Å²) in [4.78, 5) is 4.24. The van der Waals surface area contributed by atoms with Crippen LogP contribution in [-0.2, 0) is 16.4 Å². The normalized spacial score (nSPS) is 18.8. The molecular weight excluding hydrogens is 500 g/mol. The second-order valence-electron chi connectivity index (χ2n) is 10.3. The lowest BCUT2D eigenvalue weighted by molar-refractivity contribution is 0.146. The highest BCUT2D eigenvalue weighted by atomic mass is 32.2. The number of nitrogens with zero attached hydrogens (tertiary/aromatic N) is 1. The van der Waals surface area contributed by atoms with Gasteiger partial charge in [-0.25, -0.2) is 13.4 Å². The van der Waals surface area contributed by atoms with Gasteiger partial charge < -0.3 is 20.9 Å². The lowest BCUT2D eigenvalue weighted by Crippen LogP contribution is -2.36. The molecule has 5 rings (SSSR count). The third-order valence-corrected chi connectivity index (χ3v) is 8.89. The Labute approximate surface area is 224 Å². The molecule has 38 heavy (non-hydrogen) atoms. The topological polar surface area (TPSA) is 127 Å². The minimum atomic E-state index is -3.71. The lowest BCUT2D eigenvalue weighted by Gasteiger charge is -2.27. The number of nitrogens with two attached hydrogens (primary N) is 1. The predicted molar refractivity (Wildman–Crippen MR) is 149 cm³/mol. The van der Waals surface area contributed by atoms with E-state index in [-0.39, 0.29) is 11.0 Å². The Kier molecular flexibility index (Phi) is 8.16. The summed E-state index contributed by atoms with van der Waals surface area (Å²) in [6.07, 6.45) is 8.54. The fourth-order valence-electron chi connectivity index (χ4n) is 5.32. The van der Waals surface area contributed by atoms with E-state index in [1.54, 1.807) is 36.5 Å². The molecule has 2 unspecified atom stereocenters. The van der Waals surface area contributed by atoms with Gasteiger partial charge in [-0.1, -0.05) is 37.5 Å². The van der Waals surface area contributed by atoms with Crippen molar-refractivity contribution in [3.63, 3.8) is 0 Å². The number of aromatic nitrogens is 1. The summed E-state index contributed by atoms with van der Waals surface area (Å²) in [5.74, 6) is 1.70. The Balaban J connectivity index is 1.15. The Morgan fingerprint density at radius 2 is 1.82 bits per heavy atom. The van der Waals surface area contributed by atoms with Gasteiger partial charge in [0.25, 0.3) is 10.0 Å². The van der Waals surface area contributed by atoms with Gasteiger partial charge in [-0.3, -0.25) is 4.72 Å². The Morgan fingerprint density at radius 3 is 2.55 bits per heavy atom. The van der Waals surface area contributed by atoms with E-state index in [1.165, 1.54) is 37.7 Å². The minimum Gasteiger partial charge on any atom is -0.489 e. The van der Waals surface area contributed by atoms with Crippen molar-refractivity contribution in [2.45, 2.75) is 68.0 Å². The van der Waals surface area contributed by atoms with Crippen molar-refractivity contribution in [3.05, 3.63) is 77.5 Å². The van der Waals surface area contributed by atoms with Crippen LogP contribution in [0.15, 0.2) is 65.7 Å². The van der Waals surface area contributed by atoms with Crippen LogP contribution in [0.25, 0.3) is 0 Å². The van der Waals surface area contributed by atoms with Crippen molar-refractivity contribution in [2.24, 2.45) is 0 Å². The number of rotatable bonds is 9. The van der Waals surface area contributed by atoms with Gasteiger partial charge in [0.05, 0.1) is 11.0 Å². The molecule has 1 aliphatic carbocycles. The third kappa shape index (κ3) is 6.46. The molecule has 8 nitrogen and oxygen atoms in total. The van der Waals surface area contributed by atoms with E-state index < -0.39 is 16.1 Å². The van der Waals surface area contributed by atoms with Gasteiger partial charge in [-0.05, 0) is 79.1 Å². The number of aliphatic hydroxyl groups excluding tert-OH is 1. The van der Waals surface area contributed by atoms with E-state index in [9.17, 15) is 13.5 Å². The number of sulfonamides is 1. The van der Waals surface area contributed by atoms with E-state index in [0.29, 0.717) is 48.2 Å². The number of hydrogen-bond acceptors (Lipinski definition) is 7. The van der Waals surface area contributed by atoms with Crippen LogP contribution in [0.4, 0.5) is 11.5 Å². The summed E-state index contributed by atoms with van der Waals surface area (Å²) < 4.78 is 35.0. The van der Waals surface area contributed by atoms with E-state index in [2.05, 4.69) is 15.0 Å². The van der Waals surface area contributed by atoms with E-state index in [0.717, 1.165) is 12.0 Å². The highest BCUT2D eigenvalue weighted by molar-refractivity contribution is 7.92. The molecule has 2 aromatic carbocycles. The van der Waals surface area contributed by atoms with Crippen LogP contribution in [0.3, 0.4) is 0 Å². The summed E-state index contributed by atoms with van der Waals surface area (Å²) in [7, 11) is -3.71. The van der Waals surface area contributed by atoms with Crippen molar-refractivity contribution in [2.75, 3.05) is 23.5 Å². The molecule has 2 aliphatic rings. The summed E-state index contributed by atoms with van der Waals surface area (Å²) in [5, 5.41) is 13.6. The summed E-state index contributed by atoms with van der Waals surface area (Å²) in [5.41, 5.74) is 9.04. The molecular formula is C29H36N4O4S. The largest absolute Gasteiger partial charge is 0.489 e. The molecule has 1 aliphatic heterocycles. The first kappa shape index (κ1) is 26.5. The smallest absolute Gasteiger partial charge is 0.261 e. The molecule has 1 fully saturated rings.